The molecule has 3 heterocycles. The molecule has 4 heteroatoms. The van der Waals surface area contributed by atoms with E-state index < -0.39 is 0 Å². The summed E-state index contributed by atoms with van der Waals surface area (Å²) in [5, 5.41) is 0. The molecule has 8 aromatic rings. The van der Waals surface area contributed by atoms with Crippen LogP contribution in [0, 0.1) is 13.8 Å². The first-order valence-electron chi connectivity index (χ1n) is 26.3. The fourth-order valence-electron chi connectivity index (χ4n) is 15.5. The number of hydrogen-bond acceptors (Lipinski definition) is 3. The molecule has 0 N–H and O–H groups in total. The Bertz CT molecular complexity index is 3600. The summed E-state index contributed by atoms with van der Waals surface area (Å²) in [6, 6.07) is 58.8. The fraction of sp³-hybridized carbons (Fsp3) is 0.284. The van der Waals surface area contributed by atoms with Crippen LogP contribution in [0.4, 0.5) is 51.2 Å². The molecule has 8 aromatic carbocycles. The van der Waals surface area contributed by atoms with Crippen LogP contribution in [0.5, 0.6) is 0 Å². The minimum absolute atomic E-state index is 0.00553. The minimum atomic E-state index is -0.362. The van der Waals surface area contributed by atoms with Crippen molar-refractivity contribution in [2.75, 3.05) is 14.7 Å². The highest BCUT2D eigenvalue weighted by Crippen LogP contribution is 2.65. The lowest BCUT2D eigenvalue weighted by molar-refractivity contribution is 0.332. The van der Waals surface area contributed by atoms with Gasteiger partial charge in [0, 0.05) is 50.9 Å². The average molecular weight is 922 g/mol. The normalized spacial score (nSPS) is 20.0. The standard InChI is InChI=1S/C67H64BN3/c1-40-33-48-51(66(9,10)39-65(48,7)8)37-55(40)70-57-38-50-49(63(3,4)31-32-64(50,5)6)36-53(57)68-52-30-29-44(69(42-21-14-12-15-22-42)43-23-16-13-17-24-43)35-56(52)71-54-28-20-26-46-45-25-18-19-27-47(45)67(11,60(46)54)59-41(2)34-58(70)61(68)62(59)71/h12-30,33-38H,31-32,39H2,1-11H3. The maximum absolute atomic E-state index is 2.75. The Kier molecular flexibility index (Phi) is 8.49. The number of aryl methyl sites for hydroxylation is 2. The zero-order valence-corrected chi connectivity index (χ0v) is 43.5. The van der Waals surface area contributed by atoms with Crippen molar-refractivity contribution >= 4 is 74.3 Å². The highest BCUT2D eigenvalue weighted by atomic mass is 15.2. The van der Waals surface area contributed by atoms with Gasteiger partial charge in [0.25, 0.3) is 6.71 Å². The molecule has 1 atom stereocenters. The molecule has 0 radical (unpaired) electrons. The van der Waals surface area contributed by atoms with Gasteiger partial charge in [0.15, 0.2) is 0 Å². The second-order valence-electron chi connectivity index (χ2n) is 24.9. The van der Waals surface area contributed by atoms with Crippen LogP contribution in [0.2, 0.25) is 0 Å². The molecule has 6 aliphatic rings. The number of benzene rings is 8. The van der Waals surface area contributed by atoms with Crippen LogP contribution in [-0.2, 0) is 27.1 Å². The van der Waals surface area contributed by atoms with E-state index in [4.69, 9.17) is 0 Å². The molecule has 3 aliphatic heterocycles. The largest absolute Gasteiger partial charge is 0.311 e. The summed E-state index contributed by atoms with van der Waals surface area (Å²) in [6.07, 6.45) is 3.47. The van der Waals surface area contributed by atoms with Crippen molar-refractivity contribution in [1.29, 1.82) is 0 Å². The van der Waals surface area contributed by atoms with Crippen molar-refractivity contribution in [2.45, 2.75) is 122 Å². The first-order chi connectivity index (χ1) is 33.9. The summed E-state index contributed by atoms with van der Waals surface area (Å²) in [7, 11) is 0. The van der Waals surface area contributed by atoms with Gasteiger partial charge in [-0.25, -0.2) is 0 Å². The molecule has 0 bridgehead atoms. The van der Waals surface area contributed by atoms with Gasteiger partial charge in [0.05, 0.1) is 5.69 Å². The van der Waals surface area contributed by atoms with E-state index in [2.05, 4.69) is 243 Å². The smallest absolute Gasteiger partial charge is 0.252 e. The molecule has 14 rings (SSSR count). The maximum Gasteiger partial charge on any atom is 0.252 e. The number of hydrogen-bond donors (Lipinski definition) is 0. The van der Waals surface area contributed by atoms with Crippen LogP contribution in [0.15, 0.2) is 152 Å². The molecule has 3 aliphatic carbocycles. The maximum atomic E-state index is 2.75. The second kappa shape index (κ2) is 14.0. The van der Waals surface area contributed by atoms with E-state index in [-0.39, 0.29) is 33.8 Å². The molecule has 0 saturated carbocycles. The predicted octanol–water partition coefficient (Wildman–Crippen LogP) is 15.8. The molecule has 0 aromatic heterocycles. The van der Waals surface area contributed by atoms with E-state index in [1.807, 2.05) is 0 Å². The molecule has 71 heavy (non-hydrogen) atoms. The van der Waals surface area contributed by atoms with Gasteiger partial charge < -0.3 is 14.7 Å². The highest BCUT2D eigenvalue weighted by Gasteiger charge is 2.55. The van der Waals surface area contributed by atoms with Crippen molar-refractivity contribution in [2.24, 2.45) is 0 Å². The third-order valence-electron chi connectivity index (χ3n) is 18.6. The molecule has 3 nitrogen and oxygen atoms in total. The Balaban J connectivity index is 1.13. The molecule has 350 valence electrons. The number of rotatable bonds is 4. The molecule has 0 fully saturated rings. The molecule has 0 saturated heterocycles. The van der Waals surface area contributed by atoms with Crippen LogP contribution in [-0.4, -0.2) is 6.71 Å². The summed E-state index contributed by atoms with van der Waals surface area (Å²) in [5.41, 5.74) is 31.0. The van der Waals surface area contributed by atoms with Crippen molar-refractivity contribution < 1.29 is 0 Å². The van der Waals surface area contributed by atoms with E-state index in [1.54, 1.807) is 0 Å². The van der Waals surface area contributed by atoms with Crippen LogP contribution >= 0.6 is 0 Å². The van der Waals surface area contributed by atoms with Gasteiger partial charge in [0.1, 0.15) is 0 Å². The van der Waals surface area contributed by atoms with Gasteiger partial charge >= 0.3 is 0 Å². The summed E-state index contributed by atoms with van der Waals surface area (Å²) >= 11 is 0. The van der Waals surface area contributed by atoms with Crippen LogP contribution in [0.25, 0.3) is 11.1 Å². The van der Waals surface area contributed by atoms with Gasteiger partial charge in [0.2, 0.25) is 0 Å². The van der Waals surface area contributed by atoms with Crippen LogP contribution < -0.4 is 31.1 Å². The van der Waals surface area contributed by atoms with Gasteiger partial charge in [-0.3, -0.25) is 0 Å². The van der Waals surface area contributed by atoms with Crippen molar-refractivity contribution in [3.63, 3.8) is 0 Å². The topological polar surface area (TPSA) is 9.72 Å². The quantitative estimate of drug-likeness (QED) is 0.163. The lowest BCUT2D eigenvalue weighted by Crippen LogP contribution is -2.63. The first-order valence-corrected chi connectivity index (χ1v) is 26.3. The van der Waals surface area contributed by atoms with Crippen molar-refractivity contribution in [3.8, 4) is 11.1 Å². The van der Waals surface area contributed by atoms with Gasteiger partial charge in [-0.1, -0.05) is 146 Å². The molecular weight excluding hydrogens is 858 g/mol. The predicted molar refractivity (Wildman–Crippen MR) is 302 cm³/mol. The van der Waals surface area contributed by atoms with E-state index in [0.717, 1.165) is 23.5 Å². The molecule has 0 amide bonds. The van der Waals surface area contributed by atoms with Gasteiger partial charge in [-0.15, -0.1) is 0 Å². The second-order valence-corrected chi connectivity index (χ2v) is 24.9. The summed E-state index contributed by atoms with van der Waals surface area (Å²) in [6.45, 7) is 27.2. The van der Waals surface area contributed by atoms with Gasteiger partial charge in [-0.05, 0) is 200 Å². The zero-order chi connectivity index (χ0) is 48.9. The van der Waals surface area contributed by atoms with E-state index in [0.29, 0.717) is 0 Å². The number of para-hydroxylation sites is 2. The number of fused-ring (bicyclic) bond motifs is 12. The third-order valence-corrected chi connectivity index (χ3v) is 18.6. The van der Waals surface area contributed by atoms with E-state index in [1.165, 1.54) is 125 Å². The molecule has 1 unspecified atom stereocenters. The van der Waals surface area contributed by atoms with Crippen molar-refractivity contribution in [3.05, 3.63) is 202 Å². The fourth-order valence-corrected chi connectivity index (χ4v) is 15.5. The molecular formula is C67H64BN3. The lowest BCUT2D eigenvalue weighted by atomic mass is 9.32. The van der Waals surface area contributed by atoms with Crippen LogP contribution in [0.1, 0.15) is 132 Å². The Morgan fingerprint density at radius 3 is 1.68 bits per heavy atom. The van der Waals surface area contributed by atoms with Crippen LogP contribution in [0.3, 0.4) is 0 Å². The summed E-state index contributed by atoms with van der Waals surface area (Å²) in [4.78, 5) is 7.92. The number of nitrogens with zero attached hydrogens (tertiary/aromatic N) is 3. The van der Waals surface area contributed by atoms with E-state index >= 15 is 0 Å². The third kappa shape index (κ3) is 5.57. The first kappa shape index (κ1) is 43.0. The Morgan fingerprint density at radius 1 is 0.408 bits per heavy atom. The highest BCUT2D eigenvalue weighted by molar-refractivity contribution is 7.00. The lowest BCUT2D eigenvalue weighted by Gasteiger charge is -2.52. The monoisotopic (exact) mass is 922 g/mol. The Hall–Kier alpha value is -6.78. The number of anilines is 9. The minimum Gasteiger partial charge on any atom is -0.311 e. The molecule has 0 spiro atoms. The Labute approximate surface area is 422 Å². The average Bonchev–Trinajstić information content (AvgIpc) is 3.72. The Morgan fingerprint density at radius 2 is 0.986 bits per heavy atom. The van der Waals surface area contributed by atoms with E-state index in [9.17, 15) is 0 Å². The summed E-state index contributed by atoms with van der Waals surface area (Å²) in [5.74, 6) is 0. The van der Waals surface area contributed by atoms with Gasteiger partial charge in [-0.2, -0.15) is 0 Å². The van der Waals surface area contributed by atoms with Crippen molar-refractivity contribution in [1.82, 2.24) is 0 Å². The SMILES string of the molecule is Cc1cc2c(cc1N1c3cc4c(cc3B3c5ccc(N(c6ccccc6)c6ccccc6)cc5N5c6cccc7c6C(C)(c6ccccc6-7)c6c(C)cc1c3c65)C(C)(C)CCC4(C)C)C(C)(C)CC2(C)C. The summed E-state index contributed by atoms with van der Waals surface area (Å²) < 4.78 is 0. The zero-order valence-electron chi connectivity index (χ0n) is 43.5.